The van der Waals surface area contributed by atoms with E-state index in [1.165, 1.54) is 0 Å². The van der Waals surface area contributed by atoms with E-state index in [1.807, 2.05) is 28.6 Å². The monoisotopic (exact) mass is 385 g/mol. The molecule has 0 radical (unpaired) electrons. The first-order valence-corrected chi connectivity index (χ1v) is 10.2. The van der Waals surface area contributed by atoms with Crippen LogP contribution in [0.25, 0.3) is 5.65 Å². The van der Waals surface area contributed by atoms with Crippen molar-refractivity contribution in [1.82, 2.24) is 29.6 Å². The minimum Gasteiger partial charge on any atom is -0.352 e. The van der Waals surface area contributed by atoms with Crippen molar-refractivity contribution in [2.24, 2.45) is 0 Å². The third-order valence-corrected chi connectivity index (χ3v) is 6.06. The molecule has 0 aliphatic carbocycles. The van der Waals surface area contributed by atoms with Gasteiger partial charge in [0.25, 0.3) is 0 Å². The predicted octanol–water partition coefficient (Wildman–Crippen LogP) is 1.55. The molecule has 4 heterocycles. The highest BCUT2D eigenvalue weighted by atomic mass is 16.2. The summed E-state index contributed by atoms with van der Waals surface area (Å²) < 4.78 is 1.86. The second-order valence-electron chi connectivity index (χ2n) is 9.23. The number of aromatic nitrogens is 4. The van der Waals surface area contributed by atoms with Crippen LogP contribution in [0.2, 0.25) is 0 Å². The molecule has 2 aliphatic heterocycles. The zero-order chi connectivity index (χ0) is 20.1. The van der Waals surface area contributed by atoms with E-state index in [0.717, 1.165) is 56.2 Å². The van der Waals surface area contributed by atoms with Crippen molar-refractivity contribution in [3.05, 3.63) is 18.0 Å². The second kappa shape index (κ2) is 6.99. The fourth-order valence-corrected chi connectivity index (χ4v) is 4.12. The van der Waals surface area contributed by atoms with Gasteiger partial charge in [0.15, 0.2) is 11.5 Å². The minimum atomic E-state index is -0.116. The van der Waals surface area contributed by atoms with Gasteiger partial charge in [-0.2, -0.15) is 4.52 Å². The summed E-state index contributed by atoms with van der Waals surface area (Å²) in [5, 5.41) is 13.4. The number of likely N-dealkylation sites (N-methyl/N-ethyl adjacent to an activating group) is 2. The maximum absolute atomic E-state index is 12.7. The summed E-state index contributed by atoms with van der Waals surface area (Å²) in [6, 6.07) is 4.37. The van der Waals surface area contributed by atoms with Crippen molar-refractivity contribution < 1.29 is 4.79 Å². The number of carbonyl (C=O) groups excluding carboxylic acids is 1. The first-order chi connectivity index (χ1) is 13.3. The summed E-state index contributed by atoms with van der Waals surface area (Å²) in [6.45, 7) is 9.00. The Kier molecular flexibility index (Phi) is 4.77. The summed E-state index contributed by atoms with van der Waals surface area (Å²) in [7, 11) is 4.02. The van der Waals surface area contributed by atoms with Crippen LogP contribution in [0.1, 0.15) is 45.9 Å². The van der Waals surface area contributed by atoms with Crippen LogP contribution in [0.4, 0.5) is 5.82 Å². The lowest BCUT2D eigenvalue weighted by Crippen LogP contribution is -2.62. The molecule has 4 rings (SSSR count). The number of hydrogen-bond donors (Lipinski definition) is 0. The van der Waals surface area contributed by atoms with E-state index in [1.54, 1.807) is 0 Å². The molecule has 28 heavy (non-hydrogen) atoms. The maximum Gasteiger partial charge on any atom is 0.239 e. The van der Waals surface area contributed by atoms with Crippen molar-refractivity contribution in [3.63, 3.8) is 0 Å². The molecule has 8 heteroatoms. The molecule has 2 aromatic heterocycles. The molecule has 8 nitrogen and oxygen atoms in total. The molecule has 2 saturated heterocycles. The fourth-order valence-electron chi connectivity index (χ4n) is 4.12. The van der Waals surface area contributed by atoms with Crippen LogP contribution < -0.4 is 4.90 Å². The van der Waals surface area contributed by atoms with E-state index in [0.29, 0.717) is 6.04 Å². The van der Waals surface area contributed by atoms with E-state index in [9.17, 15) is 4.79 Å². The molecule has 0 saturated carbocycles. The Morgan fingerprint density at radius 1 is 1.14 bits per heavy atom. The van der Waals surface area contributed by atoms with Gasteiger partial charge in [-0.25, -0.2) is 0 Å². The quantitative estimate of drug-likeness (QED) is 0.799. The van der Waals surface area contributed by atoms with Gasteiger partial charge in [0.2, 0.25) is 5.91 Å². The molecule has 1 atom stereocenters. The predicted molar refractivity (Wildman–Crippen MR) is 109 cm³/mol. The van der Waals surface area contributed by atoms with Gasteiger partial charge >= 0.3 is 0 Å². The molecule has 0 aromatic carbocycles. The Morgan fingerprint density at radius 3 is 2.61 bits per heavy atom. The van der Waals surface area contributed by atoms with Gasteiger partial charge in [-0.05, 0) is 38.4 Å². The van der Waals surface area contributed by atoms with Crippen LogP contribution in [-0.2, 0) is 10.2 Å². The van der Waals surface area contributed by atoms with Gasteiger partial charge in [0.05, 0.1) is 6.04 Å². The Balaban J connectivity index is 1.47. The lowest BCUT2D eigenvalue weighted by molar-refractivity contribution is -0.135. The molecule has 1 amide bonds. The molecule has 0 spiro atoms. The van der Waals surface area contributed by atoms with Crippen LogP contribution in [-0.4, -0.2) is 81.3 Å². The largest absolute Gasteiger partial charge is 0.352 e. The van der Waals surface area contributed by atoms with Gasteiger partial charge in [0.1, 0.15) is 5.82 Å². The standard InChI is InChI=1S/C20H31N7O/c1-20(2,3)19-22-21-16-9-10-17(23-27(16)19)26-12-14(13-26)25(5)15-8-6-7-11-24(4)18(15)28/h9-10,14-15H,6-8,11-13H2,1-5H3. The fraction of sp³-hybridized carbons (Fsp3) is 0.700. The summed E-state index contributed by atoms with van der Waals surface area (Å²) in [5.74, 6) is 2.06. The first-order valence-electron chi connectivity index (χ1n) is 10.2. The van der Waals surface area contributed by atoms with Gasteiger partial charge in [-0.3, -0.25) is 9.69 Å². The van der Waals surface area contributed by atoms with Gasteiger partial charge in [-0.1, -0.05) is 20.8 Å². The lowest BCUT2D eigenvalue weighted by atomic mass is 9.96. The number of amides is 1. The molecule has 0 bridgehead atoms. The molecule has 2 fully saturated rings. The van der Waals surface area contributed by atoms with Crippen molar-refractivity contribution >= 4 is 17.4 Å². The number of likely N-dealkylation sites (tertiary alicyclic amines) is 1. The van der Waals surface area contributed by atoms with E-state index >= 15 is 0 Å². The Hall–Kier alpha value is -2.22. The smallest absolute Gasteiger partial charge is 0.239 e. The maximum atomic E-state index is 12.7. The summed E-state index contributed by atoms with van der Waals surface area (Å²) in [6.07, 6.45) is 3.17. The van der Waals surface area contributed by atoms with Gasteiger partial charge < -0.3 is 9.80 Å². The van der Waals surface area contributed by atoms with Crippen molar-refractivity contribution in [3.8, 4) is 0 Å². The highest BCUT2D eigenvalue weighted by Gasteiger charge is 2.38. The van der Waals surface area contributed by atoms with Crippen LogP contribution in [0.15, 0.2) is 12.1 Å². The zero-order valence-corrected chi connectivity index (χ0v) is 17.6. The average Bonchev–Trinajstić information content (AvgIpc) is 2.95. The van der Waals surface area contributed by atoms with Gasteiger partial charge in [0, 0.05) is 38.1 Å². The molecule has 2 aromatic rings. The number of nitrogens with zero attached hydrogens (tertiary/aromatic N) is 7. The lowest BCUT2D eigenvalue weighted by Gasteiger charge is -2.47. The van der Waals surface area contributed by atoms with Crippen molar-refractivity contribution in [2.75, 3.05) is 38.6 Å². The zero-order valence-electron chi connectivity index (χ0n) is 17.6. The Morgan fingerprint density at radius 2 is 1.89 bits per heavy atom. The number of rotatable bonds is 3. The highest BCUT2D eigenvalue weighted by molar-refractivity contribution is 5.82. The molecule has 152 valence electrons. The number of carbonyl (C=O) groups is 1. The molecular formula is C20H31N7O. The summed E-state index contributed by atoms with van der Waals surface area (Å²) in [5.41, 5.74) is 0.657. The molecular weight excluding hydrogens is 354 g/mol. The number of hydrogen-bond acceptors (Lipinski definition) is 6. The third kappa shape index (κ3) is 3.34. The first kappa shape index (κ1) is 19.1. The average molecular weight is 386 g/mol. The van der Waals surface area contributed by atoms with Crippen LogP contribution in [0.3, 0.4) is 0 Å². The van der Waals surface area contributed by atoms with E-state index in [-0.39, 0.29) is 17.4 Å². The molecule has 2 aliphatic rings. The molecule has 1 unspecified atom stereocenters. The minimum absolute atomic E-state index is 0.000399. The van der Waals surface area contributed by atoms with Crippen LogP contribution >= 0.6 is 0 Å². The summed E-state index contributed by atoms with van der Waals surface area (Å²) >= 11 is 0. The van der Waals surface area contributed by atoms with E-state index in [2.05, 4.69) is 47.8 Å². The molecule has 0 N–H and O–H groups in total. The van der Waals surface area contributed by atoms with E-state index < -0.39 is 0 Å². The normalized spacial score (nSPS) is 22.1. The number of fused-ring (bicyclic) bond motifs is 1. The van der Waals surface area contributed by atoms with Gasteiger partial charge in [-0.15, -0.1) is 15.3 Å². The van der Waals surface area contributed by atoms with Crippen LogP contribution in [0, 0.1) is 0 Å². The van der Waals surface area contributed by atoms with Crippen LogP contribution in [0.5, 0.6) is 0 Å². The SMILES string of the molecule is CN1CCCCC(N(C)C2CN(c3ccc4nnc(C(C)(C)C)n4n3)C2)C1=O. The summed E-state index contributed by atoms with van der Waals surface area (Å²) in [4.78, 5) is 19.1. The third-order valence-electron chi connectivity index (χ3n) is 6.06. The van der Waals surface area contributed by atoms with Crippen molar-refractivity contribution in [2.45, 2.75) is 57.5 Å². The van der Waals surface area contributed by atoms with E-state index in [4.69, 9.17) is 5.10 Å². The number of anilines is 1. The Bertz CT molecular complexity index is 865. The Labute approximate surface area is 166 Å². The highest BCUT2D eigenvalue weighted by Crippen LogP contribution is 2.27. The topological polar surface area (TPSA) is 69.9 Å². The second-order valence-corrected chi connectivity index (χ2v) is 9.23. The van der Waals surface area contributed by atoms with Crippen molar-refractivity contribution in [1.29, 1.82) is 0 Å².